The quantitative estimate of drug-likeness (QED) is 0.562. The zero-order chi connectivity index (χ0) is 18.0. The normalized spacial score (nSPS) is 54.4. The van der Waals surface area contributed by atoms with E-state index in [0.29, 0.717) is 17.8 Å². The van der Waals surface area contributed by atoms with Crippen LogP contribution in [0.2, 0.25) is 0 Å². The van der Waals surface area contributed by atoms with E-state index in [-0.39, 0.29) is 22.9 Å². The zero-order valence-electron chi connectivity index (χ0n) is 16.3. The van der Waals surface area contributed by atoms with Crippen molar-refractivity contribution in [2.24, 2.45) is 34.5 Å². The fourth-order valence-electron chi connectivity index (χ4n) is 7.32. The summed E-state index contributed by atoms with van der Waals surface area (Å²) in [4.78, 5) is 11.3. The van der Waals surface area contributed by atoms with E-state index in [1.807, 2.05) is 0 Å². The van der Waals surface area contributed by atoms with Crippen molar-refractivity contribution in [3.05, 3.63) is 12.2 Å². The summed E-state index contributed by atoms with van der Waals surface area (Å²) in [5.41, 5.74) is -0.172. The van der Waals surface area contributed by atoms with Crippen molar-refractivity contribution in [3.8, 4) is 0 Å². The number of ether oxygens (including phenoxy) is 1. The van der Waals surface area contributed by atoms with Crippen LogP contribution in [0.1, 0.15) is 72.6 Å². The van der Waals surface area contributed by atoms with Crippen LogP contribution in [0.4, 0.5) is 0 Å². The van der Waals surface area contributed by atoms with Crippen LogP contribution in [-0.2, 0) is 9.53 Å². The van der Waals surface area contributed by atoms with E-state index in [9.17, 15) is 9.90 Å². The van der Waals surface area contributed by atoms with Crippen LogP contribution >= 0.6 is 0 Å². The SMILES string of the molecule is CC(=O)O[C@H]1C=C[C@@]2(C)[C@H](CC[C@@H]3[C@@H]2CC[C@@]2(C)[C@H]3CC[C@@]2(C)O)C1. The second-order valence-electron chi connectivity index (χ2n) is 10.0. The maximum atomic E-state index is 11.3. The summed E-state index contributed by atoms with van der Waals surface area (Å²) in [6.45, 7) is 8.38. The van der Waals surface area contributed by atoms with Gasteiger partial charge in [0.25, 0.3) is 0 Å². The maximum absolute atomic E-state index is 11.3. The molecule has 0 saturated heterocycles. The predicted molar refractivity (Wildman–Crippen MR) is 97.8 cm³/mol. The molecule has 0 amide bonds. The minimum atomic E-state index is -0.497. The number of allylic oxidation sites excluding steroid dienone is 1. The fourth-order valence-corrected chi connectivity index (χ4v) is 7.32. The maximum Gasteiger partial charge on any atom is 0.303 e. The molecule has 4 aliphatic rings. The topological polar surface area (TPSA) is 46.5 Å². The van der Waals surface area contributed by atoms with Crippen molar-refractivity contribution in [2.75, 3.05) is 0 Å². The molecule has 0 heterocycles. The highest BCUT2D eigenvalue weighted by Gasteiger charge is 2.62. The van der Waals surface area contributed by atoms with Gasteiger partial charge in [-0.1, -0.05) is 19.9 Å². The monoisotopic (exact) mass is 346 g/mol. The summed E-state index contributed by atoms with van der Waals surface area (Å²) in [6, 6.07) is 0. The zero-order valence-corrected chi connectivity index (χ0v) is 16.3. The lowest BCUT2D eigenvalue weighted by Gasteiger charge is -2.60. The van der Waals surface area contributed by atoms with Crippen LogP contribution in [0.3, 0.4) is 0 Å². The van der Waals surface area contributed by atoms with Gasteiger partial charge in [-0.05, 0) is 92.4 Å². The number of carbonyl (C=O) groups is 1. The third-order valence-corrected chi connectivity index (χ3v) is 9.03. The summed E-state index contributed by atoms with van der Waals surface area (Å²) in [7, 11) is 0. The van der Waals surface area contributed by atoms with Crippen LogP contribution in [0.5, 0.6) is 0 Å². The van der Waals surface area contributed by atoms with E-state index in [4.69, 9.17) is 4.74 Å². The molecule has 0 radical (unpaired) electrons. The summed E-state index contributed by atoms with van der Waals surface area (Å²) in [6.07, 6.45) is 12.5. The Morgan fingerprint density at radius 2 is 1.80 bits per heavy atom. The van der Waals surface area contributed by atoms with E-state index < -0.39 is 5.60 Å². The summed E-state index contributed by atoms with van der Waals surface area (Å²) in [5, 5.41) is 11.0. The molecule has 3 heteroatoms. The molecule has 4 rings (SSSR count). The largest absolute Gasteiger partial charge is 0.458 e. The van der Waals surface area contributed by atoms with Crippen LogP contribution in [-0.4, -0.2) is 22.8 Å². The molecular weight excluding hydrogens is 312 g/mol. The Morgan fingerprint density at radius 1 is 1.08 bits per heavy atom. The van der Waals surface area contributed by atoms with Gasteiger partial charge in [-0.2, -0.15) is 0 Å². The average molecular weight is 347 g/mol. The van der Waals surface area contributed by atoms with Gasteiger partial charge >= 0.3 is 5.97 Å². The summed E-state index contributed by atoms with van der Waals surface area (Å²) < 4.78 is 5.48. The molecule has 25 heavy (non-hydrogen) atoms. The highest BCUT2D eigenvalue weighted by Crippen LogP contribution is 2.67. The molecule has 3 fully saturated rings. The summed E-state index contributed by atoms with van der Waals surface area (Å²) in [5.74, 6) is 2.57. The Bertz CT molecular complexity index is 594. The third-order valence-electron chi connectivity index (χ3n) is 9.03. The minimum Gasteiger partial charge on any atom is -0.458 e. The molecule has 0 unspecified atom stereocenters. The lowest BCUT2D eigenvalue weighted by molar-refractivity contribution is -0.149. The number of rotatable bonds is 1. The molecule has 1 N–H and O–H groups in total. The van der Waals surface area contributed by atoms with Gasteiger partial charge in [0, 0.05) is 6.92 Å². The van der Waals surface area contributed by atoms with Crippen LogP contribution in [0.15, 0.2) is 12.2 Å². The predicted octanol–water partition coefficient (Wildman–Crippen LogP) is 4.49. The first-order valence-electron chi connectivity index (χ1n) is 10.3. The number of hydrogen-bond donors (Lipinski definition) is 1. The Kier molecular flexibility index (Phi) is 3.92. The van der Waals surface area contributed by atoms with Gasteiger partial charge in [-0.25, -0.2) is 0 Å². The molecule has 0 aromatic heterocycles. The van der Waals surface area contributed by atoms with Crippen molar-refractivity contribution >= 4 is 5.97 Å². The highest BCUT2D eigenvalue weighted by atomic mass is 16.5. The third kappa shape index (κ3) is 2.44. The van der Waals surface area contributed by atoms with Gasteiger partial charge in [-0.15, -0.1) is 0 Å². The van der Waals surface area contributed by atoms with Crippen LogP contribution in [0.25, 0.3) is 0 Å². The molecule has 3 nitrogen and oxygen atoms in total. The lowest BCUT2D eigenvalue weighted by Crippen LogP contribution is -2.55. The van der Waals surface area contributed by atoms with Crippen LogP contribution < -0.4 is 0 Å². The average Bonchev–Trinajstić information content (AvgIpc) is 2.77. The molecule has 0 aliphatic heterocycles. The second kappa shape index (κ2) is 5.58. The molecule has 140 valence electrons. The second-order valence-corrected chi connectivity index (χ2v) is 10.0. The van der Waals surface area contributed by atoms with Gasteiger partial charge < -0.3 is 9.84 Å². The van der Waals surface area contributed by atoms with E-state index in [2.05, 4.69) is 32.9 Å². The first-order chi connectivity index (χ1) is 11.7. The lowest BCUT2D eigenvalue weighted by atomic mass is 9.45. The molecule has 4 aliphatic carbocycles. The Balaban J connectivity index is 1.60. The standard InChI is InChI=1S/C22H34O3/c1-14(23)25-16-7-10-20(2)15(13-16)5-6-17-18(20)8-11-21(3)19(17)9-12-22(21,4)24/h7,10,15-19,24H,5-6,8-9,11-13H2,1-4H3/t15-,16+,17-,18+,19+,20+,21+,22-/m1/s1. The van der Waals surface area contributed by atoms with Crippen molar-refractivity contribution in [1.82, 2.24) is 0 Å². The molecule has 0 aromatic carbocycles. The first-order valence-corrected chi connectivity index (χ1v) is 10.3. The van der Waals surface area contributed by atoms with Gasteiger partial charge in [-0.3, -0.25) is 4.79 Å². The number of fused-ring (bicyclic) bond motifs is 5. The van der Waals surface area contributed by atoms with Gasteiger partial charge in [0.1, 0.15) is 6.10 Å². The molecule has 8 atom stereocenters. The highest BCUT2D eigenvalue weighted by molar-refractivity contribution is 5.66. The first kappa shape index (κ1) is 17.6. The van der Waals surface area contributed by atoms with Crippen molar-refractivity contribution in [3.63, 3.8) is 0 Å². The van der Waals surface area contributed by atoms with Crippen LogP contribution in [0, 0.1) is 34.5 Å². The number of carbonyl (C=O) groups excluding carboxylic acids is 1. The smallest absolute Gasteiger partial charge is 0.303 e. The van der Waals surface area contributed by atoms with E-state index >= 15 is 0 Å². The van der Waals surface area contributed by atoms with E-state index in [0.717, 1.165) is 25.2 Å². The van der Waals surface area contributed by atoms with Crippen molar-refractivity contribution < 1.29 is 14.6 Å². The Labute approximate surface area is 152 Å². The van der Waals surface area contributed by atoms with Crippen molar-refractivity contribution in [1.29, 1.82) is 0 Å². The number of hydrogen-bond acceptors (Lipinski definition) is 3. The minimum absolute atomic E-state index is 0.0341. The Hall–Kier alpha value is -0.830. The van der Waals surface area contributed by atoms with Gasteiger partial charge in [0.05, 0.1) is 5.60 Å². The van der Waals surface area contributed by atoms with Crippen molar-refractivity contribution in [2.45, 2.75) is 84.3 Å². The van der Waals surface area contributed by atoms with E-state index in [1.54, 1.807) is 0 Å². The molecule has 0 aromatic rings. The molecular formula is C22H34O3. The molecule has 3 saturated carbocycles. The van der Waals surface area contributed by atoms with Gasteiger partial charge in [0.2, 0.25) is 0 Å². The summed E-state index contributed by atoms with van der Waals surface area (Å²) >= 11 is 0. The van der Waals surface area contributed by atoms with Gasteiger partial charge in [0.15, 0.2) is 0 Å². The Morgan fingerprint density at radius 3 is 2.52 bits per heavy atom. The number of aliphatic hydroxyl groups is 1. The van der Waals surface area contributed by atoms with E-state index in [1.165, 1.54) is 32.6 Å². The fraction of sp³-hybridized carbons (Fsp3) is 0.864. The number of esters is 1. The molecule has 0 spiro atoms. The molecule has 0 bridgehead atoms.